The molecule has 1 amide bonds. The van der Waals surface area contributed by atoms with Gasteiger partial charge in [0.1, 0.15) is 9.84 Å². The molecule has 0 N–H and O–H groups in total. The summed E-state index contributed by atoms with van der Waals surface area (Å²) in [6.45, 7) is 3.99. The van der Waals surface area contributed by atoms with Crippen LogP contribution >= 0.6 is 11.6 Å². The maximum Gasteiger partial charge on any atom is 0.223 e. The average Bonchev–Trinajstić information content (AvgIpc) is 2.42. The van der Waals surface area contributed by atoms with Gasteiger partial charge in [-0.25, -0.2) is 8.42 Å². The van der Waals surface area contributed by atoms with E-state index in [2.05, 4.69) is 0 Å². The summed E-state index contributed by atoms with van der Waals surface area (Å²) in [5.74, 6) is -0.138. The zero-order valence-corrected chi connectivity index (χ0v) is 14.4. The standard InChI is InChI=1S/C15H22ClNO3S/c1-11(13-5-7-14(16)8-6-13)12(2)17(3)15(18)9-10-21(4,19)20/h5-8,11-12H,9-10H2,1-4H3/t11-,12+/m1/s1. The van der Waals surface area contributed by atoms with Crippen LogP contribution in [0, 0.1) is 0 Å². The first kappa shape index (κ1) is 18.0. The van der Waals surface area contributed by atoms with Gasteiger partial charge >= 0.3 is 0 Å². The fraction of sp³-hybridized carbons (Fsp3) is 0.533. The summed E-state index contributed by atoms with van der Waals surface area (Å²) >= 11 is 5.87. The van der Waals surface area contributed by atoms with Crippen LogP contribution in [0.15, 0.2) is 24.3 Å². The van der Waals surface area contributed by atoms with Gasteiger partial charge in [0.15, 0.2) is 0 Å². The predicted molar refractivity (Wildman–Crippen MR) is 86.4 cm³/mol. The van der Waals surface area contributed by atoms with E-state index in [1.165, 1.54) is 0 Å². The summed E-state index contributed by atoms with van der Waals surface area (Å²) in [6, 6.07) is 7.51. The minimum absolute atomic E-state index is 0.0208. The number of amides is 1. The Morgan fingerprint density at radius 2 is 1.76 bits per heavy atom. The summed E-state index contributed by atoms with van der Waals surface area (Å²) in [5, 5.41) is 0.677. The third kappa shape index (κ3) is 5.67. The summed E-state index contributed by atoms with van der Waals surface area (Å²) in [7, 11) is -1.41. The van der Waals surface area contributed by atoms with Gasteiger partial charge in [-0.1, -0.05) is 30.7 Å². The van der Waals surface area contributed by atoms with Gasteiger partial charge in [-0.2, -0.15) is 0 Å². The number of likely N-dealkylation sites (N-methyl/N-ethyl adjacent to an activating group) is 1. The van der Waals surface area contributed by atoms with Crippen LogP contribution in [0.5, 0.6) is 0 Å². The second kappa shape index (κ2) is 7.27. The van der Waals surface area contributed by atoms with Crippen LogP contribution in [-0.2, 0) is 14.6 Å². The van der Waals surface area contributed by atoms with E-state index in [4.69, 9.17) is 11.6 Å². The Morgan fingerprint density at radius 3 is 2.24 bits per heavy atom. The molecule has 0 saturated heterocycles. The van der Waals surface area contributed by atoms with E-state index in [0.29, 0.717) is 5.02 Å². The largest absolute Gasteiger partial charge is 0.342 e. The Kier molecular flexibility index (Phi) is 6.23. The van der Waals surface area contributed by atoms with E-state index >= 15 is 0 Å². The maximum absolute atomic E-state index is 12.1. The van der Waals surface area contributed by atoms with Crippen molar-refractivity contribution in [2.75, 3.05) is 19.1 Å². The van der Waals surface area contributed by atoms with Gasteiger partial charge in [0.2, 0.25) is 5.91 Å². The molecule has 21 heavy (non-hydrogen) atoms. The monoisotopic (exact) mass is 331 g/mol. The lowest BCUT2D eigenvalue weighted by Gasteiger charge is -2.30. The summed E-state index contributed by atoms with van der Waals surface area (Å²) in [5.41, 5.74) is 1.09. The molecule has 0 aromatic heterocycles. The molecule has 0 saturated carbocycles. The number of benzene rings is 1. The molecule has 2 atom stereocenters. The fourth-order valence-corrected chi connectivity index (χ4v) is 2.73. The number of halogens is 1. The van der Waals surface area contributed by atoms with Crippen LogP contribution in [0.1, 0.15) is 31.7 Å². The number of rotatable bonds is 6. The predicted octanol–water partition coefficient (Wildman–Crippen LogP) is 2.73. The average molecular weight is 332 g/mol. The number of hydrogen-bond acceptors (Lipinski definition) is 3. The quantitative estimate of drug-likeness (QED) is 0.805. The molecule has 0 unspecified atom stereocenters. The van der Waals surface area contributed by atoms with Gasteiger partial charge in [-0.15, -0.1) is 0 Å². The van der Waals surface area contributed by atoms with E-state index in [1.54, 1.807) is 11.9 Å². The van der Waals surface area contributed by atoms with E-state index in [-0.39, 0.29) is 30.0 Å². The second-order valence-corrected chi connectivity index (χ2v) is 8.16. The highest BCUT2D eigenvalue weighted by atomic mass is 35.5. The normalized spacial score (nSPS) is 14.5. The van der Waals surface area contributed by atoms with E-state index < -0.39 is 9.84 Å². The molecule has 0 aliphatic rings. The molecule has 1 aromatic rings. The van der Waals surface area contributed by atoms with Crippen LogP contribution in [0.3, 0.4) is 0 Å². The zero-order chi connectivity index (χ0) is 16.2. The van der Waals surface area contributed by atoms with E-state index in [9.17, 15) is 13.2 Å². The van der Waals surface area contributed by atoms with Crippen molar-refractivity contribution in [1.82, 2.24) is 4.90 Å². The number of carbonyl (C=O) groups is 1. The van der Waals surface area contributed by atoms with Crippen LogP contribution in [-0.4, -0.2) is 44.3 Å². The van der Waals surface area contributed by atoms with Crippen LogP contribution in [0.25, 0.3) is 0 Å². The molecule has 0 aliphatic heterocycles. The molecule has 1 aromatic carbocycles. The molecular weight excluding hydrogens is 310 g/mol. The van der Waals surface area contributed by atoms with Gasteiger partial charge in [0.25, 0.3) is 0 Å². The van der Waals surface area contributed by atoms with Gasteiger partial charge in [0.05, 0.1) is 5.75 Å². The molecule has 118 valence electrons. The van der Waals surface area contributed by atoms with Crippen LogP contribution in [0.2, 0.25) is 5.02 Å². The number of hydrogen-bond donors (Lipinski definition) is 0. The smallest absolute Gasteiger partial charge is 0.223 e. The first-order chi connectivity index (χ1) is 9.61. The van der Waals surface area contributed by atoms with Gasteiger partial charge in [-0.3, -0.25) is 4.79 Å². The fourth-order valence-electron chi connectivity index (χ4n) is 2.06. The van der Waals surface area contributed by atoms with Gasteiger partial charge in [0, 0.05) is 36.7 Å². The third-order valence-corrected chi connectivity index (χ3v) is 5.01. The Bertz CT molecular complexity index is 583. The lowest BCUT2D eigenvalue weighted by Crippen LogP contribution is -2.38. The summed E-state index contributed by atoms with van der Waals surface area (Å²) in [6.07, 6.45) is 1.16. The zero-order valence-electron chi connectivity index (χ0n) is 12.8. The third-order valence-electron chi connectivity index (χ3n) is 3.81. The Morgan fingerprint density at radius 1 is 1.24 bits per heavy atom. The second-order valence-electron chi connectivity index (χ2n) is 5.47. The molecule has 1 rings (SSSR count). The summed E-state index contributed by atoms with van der Waals surface area (Å²) in [4.78, 5) is 13.7. The summed E-state index contributed by atoms with van der Waals surface area (Å²) < 4.78 is 22.3. The van der Waals surface area contributed by atoms with Crippen molar-refractivity contribution in [3.63, 3.8) is 0 Å². The number of nitrogens with zero attached hydrogens (tertiary/aromatic N) is 1. The lowest BCUT2D eigenvalue weighted by atomic mass is 9.93. The molecular formula is C15H22ClNO3S. The van der Waals surface area contributed by atoms with Crippen molar-refractivity contribution in [1.29, 1.82) is 0 Å². The van der Waals surface area contributed by atoms with Crippen molar-refractivity contribution in [2.24, 2.45) is 0 Å². The van der Waals surface area contributed by atoms with E-state index in [0.717, 1.165) is 11.8 Å². The lowest BCUT2D eigenvalue weighted by molar-refractivity contribution is -0.131. The Labute approximate surface area is 132 Å². The van der Waals surface area contributed by atoms with E-state index in [1.807, 2.05) is 38.1 Å². The minimum Gasteiger partial charge on any atom is -0.342 e. The molecule has 0 spiro atoms. The Balaban J connectivity index is 2.70. The molecule has 0 bridgehead atoms. The number of sulfone groups is 1. The van der Waals surface area contributed by atoms with Crippen LogP contribution in [0.4, 0.5) is 0 Å². The first-order valence-electron chi connectivity index (χ1n) is 6.80. The highest BCUT2D eigenvalue weighted by molar-refractivity contribution is 7.90. The maximum atomic E-state index is 12.1. The molecule has 0 radical (unpaired) electrons. The van der Waals surface area contributed by atoms with Crippen LogP contribution < -0.4 is 0 Å². The molecule has 6 heteroatoms. The number of carbonyl (C=O) groups excluding carboxylic acids is 1. The minimum atomic E-state index is -3.12. The molecule has 0 fully saturated rings. The molecule has 0 heterocycles. The SMILES string of the molecule is C[C@@H](c1ccc(Cl)cc1)[C@H](C)N(C)C(=O)CCS(C)(=O)=O. The van der Waals surface area contributed by atoms with Crippen molar-refractivity contribution >= 4 is 27.3 Å². The molecule has 0 aliphatic carbocycles. The molecule has 4 nitrogen and oxygen atoms in total. The van der Waals surface area contributed by atoms with Crippen molar-refractivity contribution in [2.45, 2.75) is 32.2 Å². The first-order valence-corrected chi connectivity index (χ1v) is 9.24. The highest BCUT2D eigenvalue weighted by Crippen LogP contribution is 2.24. The highest BCUT2D eigenvalue weighted by Gasteiger charge is 2.23. The van der Waals surface area contributed by atoms with Gasteiger partial charge in [-0.05, 0) is 24.6 Å². The van der Waals surface area contributed by atoms with Gasteiger partial charge < -0.3 is 4.90 Å². The van der Waals surface area contributed by atoms with Crippen molar-refractivity contribution in [3.8, 4) is 0 Å². The topological polar surface area (TPSA) is 54.5 Å². The van der Waals surface area contributed by atoms with Crippen molar-refractivity contribution < 1.29 is 13.2 Å². The Hall–Kier alpha value is -1.07. The van der Waals surface area contributed by atoms with Crippen molar-refractivity contribution in [3.05, 3.63) is 34.9 Å².